The number of carbonyl (C=O) groups is 1. The highest BCUT2D eigenvalue weighted by Gasteiger charge is 2.26. The van der Waals surface area contributed by atoms with E-state index in [-0.39, 0.29) is 23.2 Å². The third kappa shape index (κ3) is 5.99. The van der Waals surface area contributed by atoms with E-state index in [1.54, 1.807) is 31.5 Å². The van der Waals surface area contributed by atoms with Gasteiger partial charge in [-0.1, -0.05) is 53.1 Å². The highest BCUT2D eigenvalue weighted by Crippen LogP contribution is 2.39. The molecule has 2 aromatic carbocycles. The van der Waals surface area contributed by atoms with Crippen LogP contribution in [-0.4, -0.2) is 24.3 Å². The second-order valence-electron chi connectivity index (χ2n) is 9.39. The first-order chi connectivity index (χ1) is 13.8. The lowest BCUT2D eigenvalue weighted by molar-refractivity contribution is -0.120. The molecule has 162 valence electrons. The molecule has 0 heterocycles. The molecule has 0 fully saturated rings. The molecule has 0 aliphatic carbocycles. The Hall–Kier alpha value is -2.53. The molecule has 0 aliphatic heterocycles. The number of phenolic OH excluding ortho intramolecular Hbond substituents is 1. The Morgan fingerprint density at radius 1 is 1.10 bits per heavy atom. The van der Waals surface area contributed by atoms with Crippen molar-refractivity contribution in [2.45, 2.75) is 58.8 Å². The summed E-state index contributed by atoms with van der Waals surface area (Å²) in [5.74, 6) is 0.662. The van der Waals surface area contributed by atoms with Crippen molar-refractivity contribution < 1.29 is 14.6 Å². The first-order valence-corrected chi connectivity index (χ1v) is 10.2. The third-order valence-electron chi connectivity index (χ3n) is 4.76. The number of halogens is 1. The Balaban J connectivity index is 2.22. The monoisotopic (exact) mass is 430 g/mol. The lowest BCUT2D eigenvalue weighted by atomic mass is 9.78. The maximum absolute atomic E-state index is 12.3. The average molecular weight is 431 g/mol. The predicted molar refractivity (Wildman–Crippen MR) is 123 cm³/mol. The van der Waals surface area contributed by atoms with Gasteiger partial charge in [-0.25, -0.2) is 5.43 Å². The van der Waals surface area contributed by atoms with Crippen LogP contribution in [0.5, 0.6) is 11.5 Å². The minimum atomic E-state index is -0.285. The zero-order valence-corrected chi connectivity index (χ0v) is 19.5. The summed E-state index contributed by atoms with van der Waals surface area (Å²) in [6.07, 6.45) is 1.68. The maximum Gasteiger partial charge on any atom is 0.244 e. The van der Waals surface area contributed by atoms with E-state index in [0.29, 0.717) is 22.1 Å². The van der Waals surface area contributed by atoms with E-state index in [0.717, 1.165) is 16.7 Å². The van der Waals surface area contributed by atoms with Gasteiger partial charge in [0.25, 0.3) is 0 Å². The Kier molecular flexibility index (Phi) is 7.19. The van der Waals surface area contributed by atoms with E-state index in [2.05, 4.69) is 52.1 Å². The molecule has 0 bridgehead atoms. The summed E-state index contributed by atoms with van der Waals surface area (Å²) in [7, 11) is 1.56. The van der Waals surface area contributed by atoms with Gasteiger partial charge in [0, 0.05) is 16.1 Å². The van der Waals surface area contributed by atoms with Crippen molar-refractivity contribution in [2.24, 2.45) is 5.10 Å². The maximum atomic E-state index is 12.3. The molecule has 5 nitrogen and oxygen atoms in total. The molecule has 0 atom stereocenters. The van der Waals surface area contributed by atoms with Crippen LogP contribution in [-0.2, 0) is 22.0 Å². The minimum Gasteiger partial charge on any atom is -0.507 e. The number of aromatic hydroxyl groups is 1. The van der Waals surface area contributed by atoms with Crippen LogP contribution in [0.15, 0.2) is 35.4 Å². The SMILES string of the molecule is COc1ccc(Cl)c(CC(=O)N/N=C/c2cc(C(C)(C)C)c(O)c(C(C)(C)C)c2)c1. The molecule has 2 N–H and O–H groups in total. The van der Waals surface area contributed by atoms with Crippen LogP contribution in [0.2, 0.25) is 5.02 Å². The van der Waals surface area contributed by atoms with Crippen molar-refractivity contribution in [1.82, 2.24) is 5.43 Å². The van der Waals surface area contributed by atoms with Gasteiger partial charge < -0.3 is 9.84 Å². The summed E-state index contributed by atoms with van der Waals surface area (Å²) in [4.78, 5) is 12.3. The van der Waals surface area contributed by atoms with E-state index in [1.807, 2.05) is 12.1 Å². The number of nitrogens with zero attached hydrogens (tertiary/aromatic N) is 1. The van der Waals surface area contributed by atoms with Crippen molar-refractivity contribution in [1.29, 1.82) is 0 Å². The van der Waals surface area contributed by atoms with E-state index < -0.39 is 0 Å². The molecule has 1 amide bonds. The standard InChI is InChI=1S/C24H31ClN2O3/c1-23(2,3)18-10-15(11-19(22(18)29)24(4,5)6)14-26-27-21(28)13-16-12-17(30-7)8-9-20(16)25/h8-12,14,29H,13H2,1-7H3,(H,27,28)/b26-14+. The van der Waals surface area contributed by atoms with Gasteiger partial charge in [-0.05, 0) is 52.3 Å². The molecule has 0 saturated heterocycles. The summed E-state index contributed by atoms with van der Waals surface area (Å²) >= 11 is 6.16. The van der Waals surface area contributed by atoms with Crippen LogP contribution >= 0.6 is 11.6 Å². The second-order valence-corrected chi connectivity index (χ2v) is 9.80. The smallest absolute Gasteiger partial charge is 0.244 e. The molecule has 0 radical (unpaired) electrons. The normalized spacial score (nSPS) is 12.3. The zero-order valence-electron chi connectivity index (χ0n) is 18.8. The van der Waals surface area contributed by atoms with Crippen molar-refractivity contribution in [3.8, 4) is 11.5 Å². The van der Waals surface area contributed by atoms with Crippen LogP contribution in [0.3, 0.4) is 0 Å². The molecule has 6 heteroatoms. The highest BCUT2D eigenvalue weighted by atomic mass is 35.5. The second kappa shape index (κ2) is 9.09. The first kappa shape index (κ1) is 23.7. The predicted octanol–water partition coefficient (Wildman–Crippen LogP) is 5.34. The Morgan fingerprint density at radius 2 is 1.67 bits per heavy atom. The Labute approximate surface area is 184 Å². The topological polar surface area (TPSA) is 70.9 Å². The molecule has 0 spiro atoms. The summed E-state index contributed by atoms with van der Waals surface area (Å²) in [5.41, 5.74) is 5.22. The van der Waals surface area contributed by atoms with Gasteiger partial charge >= 0.3 is 0 Å². The van der Waals surface area contributed by atoms with Gasteiger partial charge in [-0.2, -0.15) is 5.10 Å². The highest BCUT2D eigenvalue weighted by molar-refractivity contribution is 6.31. The number of ether oxygens (including phenoxy) is 1. The largest absolute Gasteiger partial charge is 0.507 e. The van der Waals surface area contributed by atoms with E-state index >= 15 is 0 Å². The van der Waals surface area contributed by atoms with Crippen LogP contribution < -0.4 is 10.2 Å². The van der Waals surface area contributed by atoms with Gasteiger partial charge in [-0.3, -0.25) is 4.79 Å². The van der Waals surface area contributed by atoms with Crippen LogP contribution in [0.25, 0.3) is 0 Å². The number of hydrogen-bond acceptors (Lipinski definition) is 4. The summed E-state index contributed by atoms with van der Waals surface area (Å²) in [5, 5.41) is 15.4. The fraction of sp³-hybridized carbons (Fsp3) is 0.417. The molecule has 0 unspecified atom stereocenters. The van der Waals surface area contributed by atoms with E-state index in [4.69, 9.17) is 16.3 Å². The minimum absolute atomic E-state index is 0.0867. The number of benzene rings is 2. The van der Waals surface area contributed by atoms with Crippen molar-refractivity contribution >= 4 is 23.7 Å². The van der Waals surface area contributed by atoms with Gasteiger partial charge in [-0.15, -0.1) is 0 Å². The number of hydrogen-bond donors (Lipinski definition) is 2. The third-order valence-corrected chi connectivity index (χ3v) is 5.12. The molecule has 0 aliphatic rings. The summed E-state index contributed by atoms with van der Waals surface area (Å²) in [6, 6.07) is 8.98. The average Bonchev–Trinajstić information content (AvgIpc) is 2.62. The number of rotatable bonds is 5. The number of hydrazone groups is 1. The summed E-state index contributed by atoms with van der Waals surface area (Å²) < 4.78 is 5.18. The van der Waals surface area contributed by atoms with Crippen LogP contribution in [0.4, 0.5) is 0 Å². The number of methoxy groups -OCH3 is 1. The Morgan fingerprint density at radius 3 is 2.17 bits per heavy atom. The number of amides is 1. The zero-order chi connectivity index (χ0) is 22.7. The fourth-order valence-corrected chi connectivity index (χ4v) is 3.26. The van der Waals surface area contributed by atoms with Crippen LogP contribution in [0, 0.1) is 0 Å². The first-order valence-electron chi connectivity index (χ1n) is 9.85. The van der Waals surface area contributed by atoms with Crippen molar-refractivity contribution in [3.05, 3.63) is 57.6 Å². The lowest BCUT2D eigenvalue weighted by Gasteiger charge is -2.27. The number of carbonyl (C=O) groups excluding carboxylic acids is 1. The molecule has 30 heavy (non-hydrogen) atoms. The molecule has 0 saturated carbocycles. The number of phenols is 1. The van der Waals surface area contributed by atoms with Crippen molar-refractivity contribution in [2.75, 3.05) is 7.11 Å². The molecule has 2 aromatic rings. The van der Waals surface area contributed by atoms with Crippen molar-refractivity contribution in [3.63, 3.8) is 0 Å². The fourth-order valence-electron chi connectivity index (χ4n) is 3.08. The molecule has 0 aromatic heterocycles. The molecule has 2 rings (SSSR count). The Bertz CT molecular complexity index is 919. The van der Waals surface area contributed by atoms with Gasteiger partial charge in [0.1, 0.15) is 11.5 Å². The lowest BCUT2D eigenvalue weighted by Crippen LogP contribution is -2.20. The number of nitrogens with one attached hydrogen (secondary N) is 1. The van der Waals surface area contributed by atoms with Gasteiger partial charge in [0.05, 0.1) is 19.7 Å². The van der Waals surface area contributed by atoms with Gasteiger partial charge in [0.15, 0.2) is 0 Å². The van der Waals surface area contributed by atoms with E-state index in [9.17, 15) is 9.90 Å². The summed E-state index contributed by atoms with van der Waals surface area (Å²) in [6.45, 7) is 12.3. The van der Waals surface area contributed by atoms with Crippen LogP contribution in [0.1, 0.15) is 63.8 Å². The molecular formula is C24H31ClN2O3. The quantitative estimate of drug-likeness (QED) is 0.496. The van der Waals surface area contributed by atoms with Gasteiger partial charge in [0.2, 0.25) is 5.91 Å². The van der Waals surface area contributed by atoms with E-state index in [1.165, 1.54) is 0 Å². The molecular weight excluding hydrogens is 400 g/mol.